The van der Waals surface area contributed by atoms with E-state index in [2.05, 4.69) is 51.6 Å². The van der Waals surface area contributed by atoms with Gasteiger partial charge >= 0.3 is 0 Å². The van der Waals surface area contributed by atoms with Crippen LogP contribution >= 0.6 is 0 Å². The third kappa shape index (κ3) is 8.48. The first-order chi connectivity index (χ1) is 10.9. The molecule has 1 saturated heterocycles. The van der Waals surface area contributed by atoms with E-state index in [4.69, 9.17) is 9.47 Å². The Labute approximate surface area is 144 Å². The molecule has 0 spiro atoms. The third-order valence-corrected chi connectivity index (χ3v) is 5.16. The molecule has 4 nitrogen and oxygen atoms in total. The molecule has 0 aliphatic carbocycles. The molecule has 0 aromatic heterocycles. The first kappa shape index (κ1) is 20.9. The van der Waals surface area contributed by atoms with Gasteiger partial charge in [0.15, 0.2) is 0 Å². The van der Waals surface area contributed by atoms with Gasteiger partial charge in [-0.2, -0.15) is 0 Å². The van der Waals surface area contributed by atoms with Crippen LogP contribution in [0.25, 0.3) is 0 Å². The summed E-state index contributed by atoms with van der Waals surface area (Å²) >= 11 is 0. The molecule has 1 fully saturated rings. The van der Waals surface area contributed by atoms with E-state index >= 15 is 0 Å². The van der Waals surface area contributed by atoms with Gasteiger partial charge < -0.3 is 19.3 Å². The second-order valence-corrected chi connectivity index (χ2v) is 7.53. The van der Waals surface area contributed by atoms with E-state index in [1.165, 1.54) is 32.4 Å². The number of likely N-dealkylation sites (tertiary alicyclic amines) is 1. The average molecular weight is 329 g/mol. The van der Waals surface area contributed by atoms with Crippen LogP contribution < -0.4 is 0 Å². The highest BCUT2D eigenvalue weighted by Crippen LogP contribution is 2.26. The standard InChI is InChI=1S/C19H40N2O2/c1-7-22-12-10-17(4)20(5)11-8-9-18-13-19(21(6)14-18)15-23-16(2)3/h16-19H,7-15H2,1-6H3. The van der Waals surface area contributed by atoms with Gasteiger partial charge in [-0.25, -0.2) is 0 Å². The lowest BCUT2D eigenvalue weighted by Crippen LogP contribution is -2.31. The molecule has 23 heavy (non-hydrogen) atoms. The van der Waals surface area contributed by atoms with Crippen LogP contribution in [0.15, 0.2) is 0 Å². The number of hydrogen-bond acceptors (Lipinski definition) is 4. The summed E-state index contributed by atoms with van der Waals surface area (Å²) in [4.78, 5) is 4.97. The Morgan fingerprint density at radius 3 is 2.65 bits per heavy atom. The number of likely N-dealkylation sites (N-methyl/N-ethyl adjacent to an activating group) is 1. The number of hydrogen-bond donors (Lipinski definition) is 0. The zero-order valence-electron chi connectivity index (χ0n) is 16.4. The van der Waals surface area contributed by atoms with Gasteiger partial charge in [-0.15, -0.1) is 0 Å². The van der Waals surface area contributed by atoms with Crippen molar-refractivity contribution in [3.63, 3.8) is 0 Å². The molecule has 1 aliphatic heterocycles. The summed E-state index contributed by atoms with van der Waals surface area (Å²) in [7, 11) is 4.49. The molecule has 4 heteroatoms. The first-order valence-electron chi connectivity index (χ1n) is 9.53. The molecule has 3 atom stereocenters. The Balaban J connectivity index is 2.15. The van der Waals surface area contributed by atoms with Crippen molar-refractivity contribution in [3.05, 3.63) is 0 Å². The molecule has 0 aromatic carbocycles. The minimum Gasteiger partial charge on any atom is -0.382 e. The molecule has 1 rings (SSSR count). The van der Waals surface area contributed by atoms with Gasteiger partial charge in [0.05, 0.1) is 12.7 Å². The molecule has 0 saturated carbocycles. The fourth-order valence-electron chi connectivity index (χ4n) is 3.37. The Hall–Kier alpha value is -0.160. The molecule has 1 aliphatic rings. The minimum atomic E-state index is 0.342. The lowest BCUT2D eigenvalue weighted by atomic mass is 10.00. The van der Waals surface area contributed by atoms with Crippen molar-refractivity contribution < 1.29 is 9.47 Å². The van der Waals surface area contributed by atoms with E-state index in [-0.39, 0.29) is 0 Å². The Kier molecular flexibility index (Phi) is 10.4. The topological polar surface area (TPSA) is 24.9 Å². The summed E-state index contributed by atoms with van der Waals surface area (Å²) in [5, 5.41) is 0. The van der Waals surface area contributed by atoms with Crippen molar-refractivity contribution in [2.75, 3.05) is 47.0 Å². The van der Waals surface area contributed by atoms with Crippen LogP contribution in [0.1, 0.15) is 53.4 Å². The summed E-state index contributed by atoms with van der Waals surface area (Å²) in [5.41, 5.74) is 0. The fourth-order valence-corrected chi connectivity index (χ4v) is 3.37. The average Bonchev–Trinajstić information content (AvgIpc) is 2.85. The van der Waals surface area contributed by atoms with Crippen molar-refractivity contribution in [1.29, 1.82) is 0 Å². The quantitative estimate of drug-likeness (QED) is 0.513. The van der Waals surface area contributed by atoms with Gasteiger partial charge in [0.2, 0.25) is 0 Å². The van der Waals surface area contributed by atoms with Crippen molar-refractivity contribution in [2.45, 2.75) is 71.6 Å². The highest BCUT2D eigenvalue weighted by molar-refractivity contribution is 4.83. The molecular formula is C19H40N2O2. The molecule has 138 valence electrons. The molecule has 1 heterocycles. The molecule has 3 unspecified atom stereocenters. The van der Waals surface area contributed by atoms with Crippen LogP contribution in [0, 0.1) is 5.92 Å². The summed E-state index contributed by atoms with van der Waals surface area (Å²) < 4.78 is 11.3. The summed E-state index contributed by atoms with van der Waals surface area (Å²) in [6, 6.07) is 1.23. The van der Waals surface area contributed by atoms with E-state index in [0.717, 1.165) is 32.2 Å². The minimum absolute atomic E-state index is 0.342. The molecule has 0 N–H and O–H groups in total. The predicted octanol–water partition coefficient (Wildman–Crippen LogP) is 3.26. The lowest BCUT2D eigenvalue weighted by molar-refractivity contribution is 0.0431. The van der Waals surface area contributed by atoms with Crippen LogP contribution in [0.2, 0.25) is 0 Å². The maximum atomic E-state index is 5.80. The van der Waals surface area contributed by atoms with E-state index in [9.17, 15) is 0 Å². The van der Waals surface area contributed by atoms with Gasteiger partial charge in [0.25, 0.3) is 0 Å². The Morgan fingerprint density at radius 2 is 2.00 bits per heavy atom. The molecule has 0 radical (unpaired) electrons. The van der Waals surface area contributed by atoms with E-state index in [1.54, 1.807) is 0 Å². The molecule has 0 bridgehead atoms. The van der Waals surface area contributed by atoms with Crippen LogP contribution in [-0.4, -0.2) is 75.0 Å². The second-order valence-electron chi connectivity index (χ2n) is 7.53. The van der Waals surface area contributed by atoms with Gasteiger partial charge in [0.1, 0.15) is 0 Å². The first-order valence-corrected chi connectivity index (χ1v) is 9.53. The maximum absolute atomic E-state index is 5.80. The summed E-state index contributed by atoms with van der Waals surface area (Å²) in [6.07, 6.45) is 5.41. The lowest BCUT2D eigenvalue weighted by Gasteiger charge is -2.25. The van der Waals surface area contributed by atoms with E-state index in [0.29, 0.717) is 18.2 Å². The zero-order chi connectivity index (χ0) is 17.2. The highest BCUT2D eigenvalue weighted by Gasteiger charge is 2.29. The van der Waals surface area contributed by atoms with Crippen LogP contribution in [0.5, 0.6) is 0 Å². The molecule has 0 aromatic rings. The zero-order valence-corrected chi connectivity index (χ0v) is 16.4. The smallest absolute Gasteiger partial charge is 0.0625 e. The highest BCUT2D eigenvalue weighted by atomic mass is 16.5. The second kappa shape index (κ2) is 11.4. The number of ether oxygens (including phenoxy) is 2. The fraction of sp³-hybridized carbons (Fsp3) is 1.00. The molecule has 0 amide bonds. The van der Waals surface area contributed by atoms with Gasteiger partial charge in [-0.05, 0) is 79.9 Å². The van der Waals surface area contributed by atoms with Crippen molar-refractivity contribution in [3.8, 4) is 0 Å². The SMILES string of the molecule is CCOCCC(C)N(C)CCCC1CC(COC(C)C)N(C)C1. The predicted molar refractivity (Wildman–Crippen MR) is 98.0 cm³/mol. The van der Waals surface area contributed by atoms with Crippen LogP contribution in [0.4, 0.5) is 0 Å². The Bertz CT molecular complexity index is 299. The van der Waals surface area contributed by atoms with Crippen molar-refractivity contribution in [2.24, 2.45) is 5.92 Å². The van der Waals surface area contributed by atoms with Crippen molar-refractivity contribution in [1.82, 2.24) is 9.80 Å². The third-order valence-electron chi connectivity index (χ3n) is 5.16. The largest absolute Gasteiger partial charge is 0.382 e. The van der Waals surface area contributed by atoms with Gasteiger partial charge in [-0.3, -0.25) is 0 Å². The summed E-state index contributed by atoms with van der Waals surface area (Å²) in [5.74, 6) is 0.841. The van der Waals surface area contributed by atoms with Crippen LogP contribution in [-0.2, 0) is 9.47 Å². The van der Waals surface area contributed by atoms with Crippen LogP contribution in [0.3, 0.4) is 0 Å². The Morgan fingerprint density at radius 1 is 1.26 bits per heavy atom. The van der Waals surface area contributed by atoms with Crippen molar-refractivity contribution >= 4 is 0 Å². The number of nitrogens with zero attached hydrogens (tertiary/aromatic N) is 2. The monoisotopic (exact) mass is 328 g/mol. The van der Waals surface area contributed by atoms with Gasteiger partial charge in [0, 0.05) is 31.8 Å². The van der Waals surface area contributed by atoms with E-state index < -0.39 is 0 Å². The summed E-state index contributed by atoms with van der Waals surface area (Å²) in [6.45, 7) is 13.6. The van der Waals surface area contributed by atoms with Gasteiger partial charge in [-0.1, -0.05) is 0 Å². The normalized spacial score (nSPS) is 24.0. The molecular weight excluding hydrogens is 288 g/mol. The van der Waals surface area contributed by atoms with E-state index in [1.807, 2.05) is 0 Å². The number of rotatable bonds is 12. The maximum Gasteiger partial charge on any atom is 0.0625 e.